The van der Waals surface area contributed by atoms with Gasteiger partial charge < -0.3 is 4.90 Å². The summed E-state index contributed by atoms with van der Waals surface area (Å²) >= 11 is 6.30. The van der Waals surface area contributed by atoms with Gasteiger partial charge in [-0.1, -0.05) is 41.9 Å². The molecule has 7 heteroatoms. The number of alkyl halides is 3. The number of halogens is 4. The summed E-state index contributed by atoms with van der Waals surface area (Å²) in [5.74, 6) is 0.359. The van der Waals surface area contributed by atoms with Gasteiger partial charge in [0.1, 0.15) is 0 Å². The fourth-order valence-electron chi connectivity index (χ4n) is 4.69. The molecule has 2 saturated heterocycles. The van der Waals surface area contributed by atoms with E-state index in [1.54, 1.807) is 11.0 Å². The quantitative estimate of drug-likeness (QED) is 0.643. The van der Waals surface area contributed by atoms with E-state index >= 15 is 0 Å². The maximum absolute atomic E-state index is 13.0. The van der Waals surface area contributed by atoms with Crippen molar-refractivity contribution in [3.05, 3.63) is 70.2 Å². The number of nitrogens with zero attached hydrogens (tertiary/aromatic N) is 2. The molecule has 4 rings (SSSR count). The van der Waals surface area contributed by atoms with Crippen LogP contribution in [-0.2, 0) is 24.1 Å². The minimum absolute atomic E-state index is 0.0354. The van der Waals surface area contributed by atoms with Gasteiger partial charge in [0.15, 0.2) is 0 Å². The summed E-state index contributed by atoms with van der Waals surface area (Å²) in [7, 11) is 0. The van der Waals surface area contributed by atoms with Gasteiger partial charge in [0.2, 0.25) is 5.91 Å². The molecule has 0 aliphatic carbocycles. The van der Waals surface area contributed by atoms with Crippen molar-refractivity contribution in [2.45, 2.75) is 44.6 Å². The fraction of sp³-hybridized carbons (Fsp3) is 0.435. The summed E-state index contributed by atoms with van der Waals surface area (Å²) in [6.45, 7) is 2.69. The summed E-state index contributed by atoms with van der Waals surface area (Å²) < 4.78 is 39.1. The van der Waals surface area contributed by atoms with Crippen LogP contribution in [0.3, 0.4) is 0 Å². The van der Waals surface area contributed by atoms with Gasteiger partial charge in [0.05, 0.1) is 5.56 Å². The van der Waals surface area contributed by atoms with Crippen LogP contribution in [-0.4, -0.2) is 34.8 Å². The Morgan fingerprint density at radius 3 is 2.60 bits per heavy atom. The van der Waals surface area contributed by atoms with Crippen molar-refractivity contribution < 1.29 is 18.0 Å². The Balaban J connectivity index is 1.45. The van der Waals surface area contributed by atoms with E-state index in [0.717, 1.165) is 55.2 Å². The van der Waals surface area contributed by atoms with Gasteiger partial charge in [-0.2, -0.15) is 13.2 Å². The van der Waals surface area contributed by atoms with Crippen LogP contribution in [0.5, 0.6) is 0 Å². The van der Waals surface area contributed by atoms with Gasteiger partial charge >= 0.3 is 6.18 Å². The van der Waals surface area contributed by atoms with Gasteiger partial charge in [-0.3, -0.25) is 9.69 Å². The molecular weight excluding hydrogens is 413 g/mol. The molecule has 3 nitrogen and oxygen atoms in total. The van der Waals surface area contributed by atoms with Crippen LogP contribution in [0.4, 0.5) is 13.2 Å². The lowest BCUT2D eigenvalue weighted by Gasteiger charge is -2.47. The predicted octanol–water partition coefficient (Wildman–Crippen LogP) is 5.37. The standard InChI is InChI=1S/C23H24ClF3N2O/c24-20-7-2-1-5-17(20)14-28-11-10-21-18(15-28)8-9-22(30)29(21)13-16-4-3-6-19(12-16)23(25,26)27/h1-7,12,18,21H,8-11,13-15H2/t18-,21+/m1/s1. The summed E-state index contributed by atoms with van der Waals surface area (Å²) in [6.07, 6.45) is -2.30. The molecule has 2 heterocycles. The first kappa shape index (κ1) is 21.2. The fourth-order valence-corrected chi connectivity index (χ4v) is 4.88. The smallest absolute Gasteiger partial charge is 0.335 e. The molecule has 0 unspecified atom stereocenters. The molecule has 0 radical (unpaired) electrons. The molecule has 0 saturated carbocycles. The molecular formula is C23H24ClF3N2O. The average molecular weight is 437 g/mol. The lowest BCUT2D eigenvalue weighted by atomic mass is 9.83. The molecule has 0 aromatic heterocycles. The molecule has 160 valence electrons. The molecule has 30 heavy (non-hydrogen) atoms. The number of hydrogen-bond donors (Lipinski definition) is 0. The van der Waals surface area contributed by atoms with E-state index in [1.807, 2.05) is 24.3 Å². The molecule has 0 spiro atoms. The average Bonchev–Trinajstić information content (AvgIpc) is 2.71. The van der Waals surface area contributed by atoms with E-state index in [1.165, 1.54) is 6.07 Å². The third-order valence-electron chi connectivity index (χ3n) is 6.19. The van der Waals surface area contributed by atoms with Crippen LogP contribution >= 0.6 is 11.6 Å². The van der Waals surface area contributed by atoms with Crippen molar-refractivity contribution >= 4 is 17.5 Å². The predicted molar refractivity (Wildman–Crippen MR) is 110 cm³/mol. The summed E-state index contributed by atoms with van der Waals surface area (Å²) in [5.41, 5.74) is 0.943. The molecule has 2 aromatic carbocycles. The van der Waals surface area contributed by atoms with Crippen LogP contribution in [0, 0.1) is 5.92 Å². The first-order valence-electron chi connectivity index (χ1n) is 10.2. The maximum Gasteiger partial charge on any atom is 0.416 e. The van der Waals surface area contributed by atoms with Gasteiger partial charge in [0.25, 0.3) is 0 Å². The van der Waals surface area contributed by atoms with Crippen LogP contribution in [0.2, 0.25) is 5.02 Å². The number of hydrogen-bond acceptors (Lipinski definition) is 2. The van der Waals surface area contributed by atoms with Gasteiger partial charge in [-0.25, -0.2) is 0 Å². The Morgan fingerprint density at radius 2 is 1.83 bits per heavy atom. The second-order valence-electron chi connectivity index (χ2n) is 8.20. The topological polar surface area (TPSA) is 23.6 Å². The highest BCUT2D eigenvalue weighted by atomic mass is 35.5. The monoisotopic (exact) mass is 436 g/mol. The van der Waals surface area contributed by atoms with Crippen molar-refractivity contribution in [3.63, 3.8) is 0 Å². The molecule has 2 aromatic rings. The largest absolute Gasteiger partial charge is 0.416 e. The first-order valence-corrected chi connectivity index (χ1v) is 10.6. The molecule has 0 N–H and O–H groups in total. The van der Waals surface area contributed by atoms with Crippen molar-refractivity contribution in [2.24, 2.45) is 5.92 Å². The minimum atomic E-state index is -4.38. The highest BCUT2D eigenvalue weighted by Crippen LogP contribution is 2.34. The second-order valence-corrected chi connectivity index (χ2v) is 8.61. The summed E-state index contributed by atoms with van der Waals surface area (Å²) in [4.78, 5) is 16.8. The zero-order valence-electron chi connectivity index (χ0n) is 16.5. The summed E-state index contributed by atoms with van der Waals surface area (Å²) in [6, 6.07) is 13.2. The highest BCUT2D eigenvalue weighted by Gasteiger charge is 2.39. The Morgan fingerprint density at radius 1 is 1.03 bits per heavy atom. The zero-order valence-corrected chi connectivity index (χ0v) is 17.3. The molecule has 0 bridgehead atoms. The zero-order chi connectivity index (χ0) is 21.3. The van der Waals surface area contributed by atoms with E-state index in [4.69, 9.17) is 11.6 Å². The Kier molecular flexibility index (Phi) is 6.07. The SMILES string of the molecule is O=C1CC[C@@H]2CN(Cc3ccccc3Cl)CC[C@@H]2N1Cc1cccc(C(F)(F)F)c1. The van der Waals surface area contributed by atoms with Crippen LogP contribution < -0.4 is 0 Å². The van der Waals surface area contributed by atoms with Gasteiger partial charge in [-0.15, -0.1) is 0 Å². The number of carbonyl (C=O) groups is 1. The molecule has 2 aliphatic rings. The van der Waals surface area contributed by atoms with E-state index in [9.17, 15) is 18.0 Å². The van der Waals surface area contributed by atoms with E-state index in [2.05, 4.69) is 4.90 Å². The Labute approximate surface area is 179 Å². The third-order valence-corrected chi connectivity index (χ3v) is 6.56. The Hall–Kier alpha value is -2.05. The number of fused-ring (bicyclic) bond motifs is 1. The molecule has 1 amide bonds. The number of rotatable bonds is 4. The number of carbonyl (C=O) groups excluding carboxylic acids is 1. The highest BCUT2D eigenvalue weighted by molar-refractivity contribution is 6.31. The van der Waals surface area contributed by atoms with Crippen molar-refractivity contribution in [1.82, 2.24) is 9.80 Å². The lowest BCUT2D eigenvalue weighted by Crippen LogP contribution is -2.55. The Bertz CT molecular complexity index is 917. The maximum atomic E-state index is 13.0. The number of piperidine rings is 2. The number of likely N-dealkylation sites (tertiary alicyclic amines) is 2. The van der Waals surface area contributed by atoms with Gasteiger partial charge in [0, 0.05) is 43.7 Å². The van der Waals surface area contributed by atoms with E-state index < -0.39 is 11.7 Å². The van der Waals surface area contributed by atoms with E-state index in [0.29, 0.717) is 17.9 Å². The van der Waals surface area contributed by atoms with Gasteiger partial charge in [-0.05, 0) is 48.1 Å². The van der Waals surface area contributed by atoms with E-state index in [-0.39, 0.29) is 18.5 Å². The molecule has 2 atom stereocenters. The summed E-state index contributed by atoms with van der Waals surface area (Å²) in [5, 5.41) is 0.754. The normalized spacial score (nSPS) is 22.8. The van der Waals surface area contributed by atoms with Crippen LogP contribution in [0.15, 0.2) is 48.5 Å². The second kappa shape index (κ2) is 8.60. The van der Waals surface area contributed by atoms with Crippen LogP contribution in [0.1, 0.15) is 36.0 Å². The van der Waals surface area contributed by atoms with Crippen LogP contribution in [0.25, 0.3) is 0 Å². The first-order chi connectivity index (χ1) is 14.3. The number of amides is 1. The lowest BCUT2D eigenvalue weighted by molar-refractivity contribution is -0.142. The van der Waals surface area contributed by atoms with Crippen molar-refractivity contribution in [3.8, 4) is 0 Å². The third kappa shape index (κ3) is 4.65. The minimum Gasteiger partial charge on any atom is -0.335 e. The number of benzene rings is 2. The molecule has 2 fully saturated rings. The molecule has 2 aliphatic heterocycles. The van der Waals surface area contributed by atoms with Crippen molar-refractivity contribution in [1.29, 1.82) is 0 Å². The van der Waals surface area contributed by atoms with Crippen molar-refractivity contribution in [2.75, 3.05) is 13.1 Å².